The molecule has 0 bridgehead atoms. The van der Waals surface area contributed by atoms with E-state index in [1.807, 2.05) is 41.3 Å². The number of amides is 2. The molecular formula is C22H22ClN5O2. The van der Waals surface area contributed by atoms with Gasteiger partial charge in [0.05, 0.1) is 11.4 Å². The van der Waals surface area contributed by atoms with Crippen LogP contribution in [0.15, 0.2) is 48.5 Å². The van der Waals surface area contributed by atoms with Gasteiger partial charge < -0.3 is 10.2 Å². The molecule has 3 aromatic rings. The molecule has 0 radical (unpaired) electrons. The van der Waals surface area contributed by atoms with Gasteiger partial charge in [-0.2, -0.15) is 0 Å². The van der Waals surface area contributed by atoms with Gasteiger partial charge in [0.25, 0.3) is 5.91 Å². The van der Waals surface area contributed by atoms with Crippen molar-refractivity contribution >= 4 is 29.1 Å². The number of halogens is 1. The van der Waals surface area contributed by atoms with E-state index in [0.717, 1.165) is 30.6 Å². The van der Waals surface area contributed by atoms with Gasteiger partial charge in [-0.3, -0.25) is 9.59 Å². The van der Waals surface area contributed by atoms with E-state index < -0.39 is 0 Å². The minimum Gasteiger partial charge on any atom is -0.338 e. The largest absolute Gasteiger partial charge is 0.338 e. The quantitative estimate of drug-likeness (QED) is 0.672. The van der Waals surface area contributed by atoms with E-state index in [2.05, 4.69) is 15.6 Å². The monoisotopic (exact) mass is 423 g/mol. The molecule has 1 N–H and O–H groups in total. The van der Waals surface area contributed by atoms with Gasteiger partial charge in [0, 0.05) is 30.2 Å². The van der Waals surface area contributed by atoms with Crippen molar-refractivity contribution in [2.24, 2.45) is 0 Å². The number of hydrogen-bond acceptors (Lipinski definition) is 4. The normalized spacial score (nSPS) is 14.1. The Balaban J connectivity index is 1.49. The number of rotatable bonds is 5. The van der Waals surface area contributed by atoms with Crippen molar-refractivity contribution in [1.29, 1.82) is 0 Å². The lowest BCUT2D eigenvalue weighted by atomic mass is 10.1. The number of hydrogen-bond donors (Lipinski definition) is 1. The first-order chi connectivity index (χ1) is 14.5. The average molecular weight is 424 g/mol. The van der Waals surface area contributed by atoms with Gasteiger partial charge in [-0.1, -0.05) is 35.0 Å². The van der Waals surface area contributed by atoms with Crippen molar-refractivity contribution in [2.45, 2.75) is 32.7 Å². The van der Waals surface area contributed by atoms with Gasteiger partial charge >= 0.3 is 0 Å². The number of carbonyl (C=O) groups excluding carboxylic acids is 2. The van der Waals surface area contributed by atoms with Crippen LogP contribution < -0.4 is 5.32 Å². The number of nitrogens with one attached hydrogen (secondary N) is 1. The molecule has 154 valence electrons. The van der Waals surface area contributed by atoms with E-state index in [1.165, 1.54) is 0 Å². The Hall–Kier alpha value is -3.19. The lowest BCUT2D eigenvalue weighted by Gasteiger charge is -2.26. The number of piperidine rings is 1. The highest BCUT2D eigenvalue weighted by Gasteiger charge is 2.20. The Bertz CT molecular complexity index is 1090. The van der Waals surface area contributed by atoms with E-state index in [9.17, 15) is 9.59 Å². The average Bonchev–Trinajstić information content (AvgIpc) is 3.11. The van der Waals surface area contributed by atoms with Gasteiger partial charge in [0.2, 0.25) is 5.91 Å². The molecule has 0 saturated carbocycles. The van der Waals surface area contributed by atoms with Crippen LogP contribution >= 0.6 is 11.6 Å². The van der Waals surface area contributed by atoms with Crippen LogP contribution in [-0.4, -0.2) is 38.3 Å². The van der Waals surface area contributed by atoms with Crippen LogP contribution in [0.5, 0.6) is 0 Å². The molecule has 2 amide bonds. The van der Waals surface area contributed by atoms with Crippen LogP contribution in [-0.2, 0) is 11.3 Å². The first kappa shape index (κ1) is 20.1. The van der Waals surface area contributed by atoms with Gasteiger partial charge in [0.1, 0.15) is 0 Å². The predicted molar refractivity (Wildman–Crippen MR) is 115 cm³/mol. The molecule has 2 heterocycles. The molecule has 1 aliphatic heterocycles. The zero-order chi connectivity index (χ0) is 21.1. The van der Waals surface area contributed by atoms with Gasteiger partial charge in [0.15, 0.2) is 5.69 Å². The molecule has 0 atom stereocenters. The highest BCUT2D eigenvalue weighted by atomic mass is 35.5. The molecular weight excluding hydrogens is 402 g/mol. The van der Waals surface area contributed by atoms with E-state index in [0.29, 0.717) is 29.4 Å². The Morgan fingerprint density at radius 2 is 2.00 bits per heavy atom. The zero-order valence-corrected chi connectivity index (χ0v) is 17.4. The van der Waals surface area contributed by atoms with E-state index >= 15 is 0 Å². The second kappa shape index (κ2) is 8.67. The number of benzene rings is 2. The van der Waals surface area contributed by atoms with Crippen LogP contribution in [0.25, 0.3) is 5.69 Å². The Labute approximate surface area is 179 Å². The number of likely N-dealkylation sites (tertiary alicyclic amines) is 1. The van der Waals surface area contributed by atoms with Gasteiger partial charge in [-0.05, 0) is 55.7 Å². The predicted octanol–water partition coefficient (Wildman–Crippen LogP) is 3.99. The summed E-state index contributed by atoms with van der Waals surface area (Å²) in [5.41, 5.74) is 3.22. The smallest absolute Gasteiger partial charge is 0.278 e. The fraction of sp³-hybridized carbons (Fsp3) is 0.273. The lowest BCUT2D eigenvalue weighted by Crippen LogP contribution is -2.34. The lowest BCUT2D eigenvalue weighted by molar-refractivity contribution is -0.133. The Kier molecular flexibility index (Phi) is 5.81. The van der Waals surface area contributed by atoms with Crippen molar-refractivity contribution in [3.63, 3.8) is 0 Å². The third kappa shape index (κ3) is 4.36. The molecule has 0 spiro atoms. The Morgan fingerprint density at radius 1 is 1.17 bits per heavy atom. The topological polar surface area (TPSA) is 80.1 Å². The van der Waals surface area contributed by atoms with E-state index in [1.54, 1.807) is 23.7 Å². The maximum Gasteiger partial charge on any atom is 0.278 e. The first-order valence-electron chi connectivity index (χ1n) is 9.87. The van der Waals surface area contributed by atoms with Crippen molar-refractivity contribution in [3.05, 3.63) is 70.5 Å². The first-order valence-corrected chi connectivity index (χ1v) is 10.3. The summed E-state index contributed by atoms with van der Waals surface area (Å²) in [7, 11) is 0. The molecule has 30 heavy (non-hydrogen) atoms. The SMILES string of the molecule is Cc1c(C(=O)Nc2cccc(CN3CCCCC3=O)c2)nnn1-c1cccc(Cl)c1. The minimum atomic E-state index is -0.341. The summed E-state index contributed by atoms with van der Waals surface area (Å²) in [4.78, 5) is 26.7. The molecule has 7 nitrogen and oxygen atoms in total. The molecule has 1 aromatic heterocycles. The molecule has 1 saturated heterocycles. The van der Waals surface area contributed by atoms with Crippen molar-refractivity contribution in [1.82, 2.24) is 19.9 Å². The fourth-order valence-electron chi connectivity index (χ4n) is 3.58. The third-order valence-electron chi connectivity index (χ3n) is 5.14. The zero-order valence-electron chi connectivity index (χ0n) is 16.6. The van der Waals surface area contributed by atoms with Crippen LogP contribution in [0.3, 0.4) is 0 Å². The van der Waals surface area contributed by atoms with Crippen molar-refractivity contribution < 1.29 is 9.59 Å². The molecule has 4 rings (SSSR count). The summed E-state index contributed by atoms with van der Waals surface area (Å²) < 4.78 is 1.58. The number of carbonyl (C=O) groups is 2. The Morgan fingerprint density at radius 3 is 2.80 bits per heavy atom. The standard InChI is InChI=1S/C22H22ClN5O2/c1-15-21(25-26-28(15)19-9-5-7-17(23)13-19)22(30)24-18-8-4-6-16(12-18)14-27-11-3-2-10-20(27)29/h4-9,12-13H,2-3,10-11,14H2,1H3,(H,24,30). The molecule has 8 heteroatoms. The van der Waals surface area contributed by atoms with Crippen LogP contribution in [0, 0.1) is 6.92 Å². The summed E-state index contributed by atoms with van der Waals surface area (Å²) in [6, 6.07) is 14.7. The highest BCUT2D eigenvalue weighted by molar-refractivity contribution is 6.30. The maximum absolute atomic E-state index is 12.8. The minimum absolute atomic E-state index is 0.184. The highest BCUT2D eigenvalue weighted by Crippen LogP contribution is 2.19. The second-order valence-corrected chi connectivity index (χ2v) is 7.78. The molecule has 0 unspecified atom stereocenters. The maximum atomic E-state index is 12.8. The summed E-state index contributed by atoms with van der Waals surface area (Å²) in [5, 5.41) is 11.6. The van der Waals surface area contributed by atoms with Crippen LogP contribution in [0.2, 0.25) is 5.02 Å². The number of anilines is 1. The van der Waals surface area contributed by atoms with E-state index in [-0.39, 0.29) is 17.5 Å². The van der Waals surface area contributed by atoms with Crippen LogP contribution in [0.4, 0.5) is 5.69 Å². The van der Waals surface area contributed by atoms with Gasteiger partial charge in [-0.15, -0.1) is 5.10 Å². The van der Waals surface area contributed by atoms with Crippen molar-refractivity contribution in [2.75, 3.05) is 11.9 Å². The summed E-state index contributed by atoms with van der Waals surface area (Å²) in [5.74, 6) is -0.157. The summed E-state index contributed by atoms with van der Waals surface area (Å²) in [6.07, 6.45) is 2.60. The molecule has 1 aliphatic rings. The van der Waals surface area contributed by atoms with Crippen LogP contribution in [0.1, 0.15) is 41.0 Å². The molecule has 1 fully saturated rings. The number of nitrogens with zero attached hydrogens (tertiary/aromatic N) is 4. The third-order valence-corrected chi connectivity index (χ3v) is 5.38. The fourth-order valence-corrected chi connectivity index (χ4v) is 3.76. The van der Waals surface area contributed by atoms with E-state index in [4.69, 9.17) is 11.6 Å². The van der Waals surface area contributed by atoms with Gasteiger partial charge in [-0.25, -0.2) is 4.68 Å². The van der Waals surface area contributed by atoms with Crippen molar-refractivity contribution in [3.8, 4) is 5.69 Å². The molecule has 2 aromatic carbocycles. The summed E-state index contributed by atoms with van der Waals surface area (Å²) >= 11 is 6.05. The number of aromatic nitrogens is 3. The second-order valence-electron chi connectivity index (χ2n) is 7.34. The summed E-state index contributed by atoms with van der Waals surface area (Å²) in [6.45, 7) is 3.11. The molecule has 0 aliphatic carbocycles.